The number of anilines is 3. The quantitative estimate of drug-likeness (QED) is 0.176. The van der Waals surface area contributed by atoms with Crippen molar-refractivity contribution in [2.24, 2.45) is 0 Å². The van der Waals surface area contributed by atoms with E-state index < -0.39 is 10.8 Å². The molecule has 80 heavy (non-hydrogen) atoms. The summed E-state index contributed by atoms with van der Waals surface area (Å²) in [6, 6.07) is 90.5. The summed E-state index contributed by atoms with van der Waals surface area (Å²) in [5, 5.41) is 2.43. The zero-order valence-corrected chi connectivity index (χ0v) is 45.8. The highest BCUT2D eigenvalue weighted by Crippen LogP contribution is 2.67. The number of para-hydroxylation sites is 5. The Hall–Kier alpha value is -9.38. The van der Waals surface area contributed by atoms with E-state index >= 15 is 0 Å². The summed E-state index contributed by atoms with van der Waals surface area (Å²) in [7, 11) is 0. The zero-order valence-electron chi connectivity index (χ0n) is 45.8. The van der Waals surface area contributed by atoms with Gasteiger partial charge in [-0.15, -0.1) is 0 Å². The SMILES string of the molecule is CC(C)(C)c1ccc2c(c1)C1(c3cc(C(C)(C)C)ccc3O2)c2ccccc2-c2c(N(c3ccc4c(c3)C3(c5ccccc5O4)c4ccccc4-c4ccccc43)c3ccccc3-n3c4ccccc4c4ccccc43)cccc21. The van der Waals surface area contributed by atoms with Crippen LogP contribution in [0.3, 0.4) is 0 Å². The fourth-order valence-corrected chi connectivity index (χ4v) is 14.5. The number of hydrogen-bond donors (Lipinski definition) is 0. The summed E-state index contributed by atoms with van der Waals surface area (Å²) in [6.45, 7) is 13.9. The molecule has 384 valence electrons. The van der Waals surface area contributed by atoms with E-state index in [2.05, 4.69) is 294 Å². The normalized spacial score (nSPS) is 14.5. The van der Waals surface area contributed by atoms with Gasteiger partial charge in [-0.1, -0.05) is 205 Å². The topological polar surface area (TPSA) is 26.6 Å². The monoisotopic (exact) mass is 1030 g/mol. The highest BCUT2D eigenvalue weighted by Gasteiger charge is 2.54. The Labute approximate surface area is 467 Å². The van der Waals surface area contributed by atoms with Crippen molar-refractivity contribution in [1.29, 1.82) is 0 Å². The van der Waals surface area contributed by atoms with Crippen LogP contribution in [-0.2, 0) is 21.7 Å². The standard InChI is InChI=1S/C76H58N2O2/c1-73(2,3)47-38-41-69-60(44-47)76(61-45-48(74(4,5)6)39-42-70(61)80-69)57-29-14-9-26-54(57)72-59(76)31-21-36-67(72)77(65-34-18-19-35-66(65)78-63-32-16-10-24-52(63)53-25-11-17-33-64(53)78)49-40-43-71-62(46-49)75(58-30-15-20-37-68(58)79-71)55-27-12-7-22-50(55)51-23-8-13-28-56(51)75/h7-46H,1-6H3. The highest BCUT2D eigenvalue weighted by atomic mass is 16.5. The highest BCUT2D eigenvalue weighted by molar-refractivity contribution is 6.10. The lowest BCUT2D eigenvalue weighted by Gasteiger charge is -2.41. The molecule has 4 heteroatoms. The minimum Gasteiger partial charge on any atom is -0.457 e. The number of ether oxygens (including phenoxy) is 2. The van der Waals surface area contributed by atoms with Crippen LogP contribution < -0.4 is 14.4 Å². The van der Waals surface area contributed by atoms with Gasteiger partial charge in [0.1, 0.15) is 23.0 Å². The summed E-state index contributed by atoms with van der Waals surface area (Å²) in [5.41, 5.74) is 21.8. The molecule has 0 N–H and O–H groups in total. The second-order valence-electron chi connectivity index (χ2n) is 24.3. The molecule has 0 bridgehead atoms. The molecular weight excluding hydrogens is 973 g/mol. The molecule has 2 aliphatic carbocycles. The Balaban J connectivity index is 1.04. The predicted molar refractivity (Wildman–Crippen MR) is 328 cm³/mol. The lowest BCUT2D eigenvalue weighted by atomic mass is 9.64. The minimum atomic E-state index is -0.736. The van der Waals surface area contributed by atoms with Crippen LogP contribution in [0.25, 0.3) is 49.7 Å². The summed E-state index contributed by atoms with van der Waals surface area (Å²) >= 11 is 0. The van der Waals surface area contributed by atoms with E-state index in [-0.39, 0.29) is 10.8 Å². The Morgan fingerprint density at radius 2 is 0.762 bits per heavy atom. The van der Waals surface area contributed by atoms with Crippen molar-refractivity contribution < 1.29 is 9.47 Å². The first-order valence-electron chi connectivity index (χ1n) is 28.2. The molecule has 0 amide bonds. The first-order chi connectivity index (χ1) is 39.0. The molecule has 4 aliphatic rings. The van der Waals surface area contributed by atoms with Gasteiger partial charge < -0.3 is 18.9 Å². The number of aromatic nitrogens is 1. The minimum absolute atomic E-state index is 0.117. The van der Waals surface area contributed by atoms with Crippen LogP contribution in [-0.4, -0.2) is 4.57 Å². The van der Waals surface area contributed by atoms with Crippen molar-refractivity contribution in [1.82, 2.24) is 4.57 Å². The summed E-state index contributed by atoms with van der Waals surface area (Å²) in [6.07, 6.45) is 0. The number of rotatable bonds is 4. The lowest BCUT2D eigenvalue weighted by molar-refractivity contribution is 0.433. The molecule has 4 nitrogen and oxygen atoms in total. The van der Waals surface area contributed by atoms with Crippen LogP contribution in [0, 0.1) is 0 Å². The second-order valence-corrected chi connectivity index (χ2v) is 24.3. The van der Waals surface area contributed by atoms with Crippen molar-refractivity contribution in [3.05, 3.63) is 298 Å². The Kier molecular flexibility index (Phi) is 9.68. The van der Waals surface area contributed by atoms with Crippen LogP contribution in [0.4, 0.5) is 17.1 Å². The molecule has 0 fully saturated rings. The van der Waals surface area contributed by atoms with E-state index in [9.17, 15) is 0 Å². The Bertz CT molecular complexity index is 4440. The van der Waals surface area contributed by atoms with Gasteiger partial charge in [-0.3, -0.25) is 0 Å². The Morgan fingerprint density at radius 3 is 1.36 bits per heavy atom. The van der Waals surface area contributed by atoms with E-state index in [0.717, 1.165) is 79.0 Å². The first kappa shape index (κ1) is 46.7. The fourth-order valence-electron chi connectivity index (χ4n) is 14.5. The van der Waals surface area contributed by atoms with Gasteiger partial charge in [-0.25, -0.2) is 0 Å². The molecule has 0 unspecified atom stereocenters. The van der Waals surface area contributed by atoms with E-state index in [4.69, 9.17) is 9.47 Å². The molecule has 2 spiro atoms. The smallest absolute Gasteiger partial charge is 0.132 e. The van der Waals surface area contributed by atoms with Crippen molar-refractivity contribution >= 4 is 38.9 Å². The maximum Gasteiger partial charge on any atom is 0.132 e. The first-order valence-corrected chi connectivity index (χ1v) is 28.2. The summed E-state index contributed by atoms with van der Waals surface area (Å²) in [4.78, 5) is 2.56. The van der Waals surface area contributed by atoms with Crippen molar-refractivity contribution in [2.75, 3.05) is 4.90 Å². The summed E-state index contributed by atoms with van der Waals surface area (Å²) < 4.78 is 16.7. The van der Waals surface area contributed by atoms with Gasteiger partial charge in [0.15, 0.2) is 0 Å². The van der Waals surface area contributed by atoms with Crippen LogP contribution in [0.15, 0.2) is 243 Å². The largest absolute Gasteiger partial charge is 0.457 e. The maximum absolute atomic E-state index is 7.12. The molecule has 11 aromatic carbocycles. The van der Waals surface area contributed by atoms with Crippen molar-refractivity contribution in [2.45, 2.75) is 63.2 Å². The fraction of sp³-hybridized carbons (Fsp3) is 0.132. The van der Waals surface area contributed by atoms with Gasteiger partial charge in [-0.05, 0) is 140 Å². The number of benzene rings is 11. The third-order valence-electron chi connectivity index (χ3n) is 18.0. The van der Waals surface area contributed by atoms with E-state index in [1.54, 1.807) is 0 Å². The molecule has 0 saturated heterocycles. The number of fused-ring (bicyclic) bond motifs is 21. The van der Waals surface area contributed by atoms with Gasteiger partial charge in [0.25, 0.3) is 0 Å². The molecule has 1 aromatic heterocycles. The number of hydrogen-bond acceptors (Lipinski definition) is 3. The molecular formula is C76H58N2O2. The molecule has 2 aliphatic heterocycles. The van der Waals surface area contributed by atoms with Gasteiger partial charge in [0, 0.05) is 44.3 Å². The lowest BCUT2D eigenvalue weighted by Crippen LogP contribution is -2.33. The molecule has 0 atom stereocenters. The van der Waals surface area contributed by atoms with Crippen LogP contribution in [0.2, 0.25) is 0 Å². The molecule has 0 radical (unpaired) electrons. The van der Waals surface area contributed by atoms with Crippen LogP contribution >= 0.6 is 0 Å². The predicted octanol–water partition coefficient (Wildman–Crippen LogP) is 19.8. The third kappa shape index (κ3) is 6.22. The van der Waals surface area contributed by atoms with E-state index in [1.807, 2.05) is 0 Å². The molecule has 3 heterocycles. The maximum atomic E-state index is 7.12. The Morgan fingerprint density at radius 1 is 0.338 bits per heavy atom. The molecule has 16 rings (SSSR count). The van der Waals surface area contributed by atoms with Gasteiger partial charge in [0.05, 0.1) is 38.9 Å². The average Bonchev–Trinajstić information content (AvgIpc) is 4.10. The van der Waals surface area contributed by atoms with Crippen molar-refractivity contribution in [3.63, 3.8) is 0 Å². The molecule has 12 aromatic rings. The van der Waals surface area contributed by atoms with Gasteiger partial charge >= 0.3 is 0 Å². The third-order valence-corrected chi connectivity index (χ3v) is 18.0. The molecule has 0 saturated carbocycles. The second kappa shape index (κ2) is 16.6. The van der Waals surface area contributed by atoms with Gasteiger partial charge in [-0.2, -0.15) is 0 Å². The van der Waals surface area contributed by atoms with Gasteiger partial charge in [0.2, 0.25) is 0 Å². The van der Waals surface area contributed by atoms with E-state index in [1.165, 1.54) is 66.4 Å². The van der Waals surface area contributed by atoms with Crippen LogP contribution in [0.1, 0.15) is 97.2 Å². The number of nitrogens with zero attached hydrogens (tertiary/aromatic N) is 2. The van der Waals surface area contributed by atoms with Crippen LogP contribution in [0.5, 0.6) is 23.0 Å². The average molecular weight is 1030 g/mol. The summed E-state index contributed by atoms with van der Waals surface area (Å²) in [5.74, 6) is 3.48. The van der Waals surface area contributed by atoms with Crippen molar-refractivity contribution in [3.8, 4) is 50.9 Å². The van der Waals surface area contributed by atoms with E-state index in [0.29, 0.717) is 0 Å². The zero-order chi connectivity index (χ0) is 53.9.